The number of aliphatic hydroxyl groups excluding tert-OH is 1. The Morgan fingerprint density at radius 3 is 2.31 bits per heavy atom. The molecule has 0 amide bonds. The lowest BCUT2D eigenvalue weighted by Gasteiger charge is -2.25. The normalized spacial score (nSPS) is 37.4. The molecule has 1 saturated heterocycles. The van der Waals surface area contributed by atoms with E-state index in [1.54, 1.807) is 0 Å². The van der Waals surface area contributed by atoms with Crippen LogP contribution in [0.2, 0.25) is 0 Å². The SMILES string of the molecule is CC(O)C1(C2COC(C)(C)O2)CC1. The Hall–Kier alpha value is -0.120. The molecule has 0 bridgehead atoms. The summed E-state index contributed by atoms with van der Waals surface area (Å²) in [5, 5.41) is 9.64. The molecule has 2 rings (SSSR count). The molecule has 13 heavy (non-hydrogen) atoms. The van der Waals surface area contributed by atoms with E-state index in [0.717, 1.165) is 12.8 Å². The first-order chi connectivity index (χ1) is 5.96. The summed E-state index contributed by atoms with van der Waals surface area (Å²) < 4.78 is 11.3. The summed E-state index contributed by atoms with van der Waals surface area (Å²) in [6, 6.07) is 0. The van der Waals surface area contributed by atoms with Crippen molar-refractivity contribution in [1.82, 2.24) is 0 Å². The molecule has 0 aromatic carbocycles. The zero-order valence-electron chi connectivity index (χ0n) is 8.54. The minimum Gasteiger partial charge on any atom is -0.393 e. The van der Waals surface area contributed by atoms with Gasteiger partial charge in [-0.05, 0) is 33.6 Å². The third kappa shape index (κ3) is 1.49. The Morgan fingerprint density at radius 2 is 2.00 bits per heavy atom. The van der Waals surface area contributed by atoms with Crippen LogP contribution in [0.4, 0.5) is 0 Å². The van der Waals surface area contributed by atoms with Crippen LogP contribution in [0.3, 0.4) is 0 Å². The summed E-state index contributed by atoms with van der Waals surface area (Å²) in [5.41, 5.74) is -0.00618. The van der Waals surface area contributed by atoms with Gasteiger partial charge in [-0.2, -0.15) is 0 Å². The van der Waals surface area contributed by atoms with Crippen molar-refractivity contribution in [2.75, 3.05) is 6.61 Å². The number of aliphatic hydroxyl groups is 1. The average molecular weight is 186 g/mol. The summed E-state index contributed by atoms with van der Waals surface area (Å²) in [7, 11) is 0. The van der Waals surface area contributed by atoms with Gasteiger partial charge in [-0.1, -0.05) is 0 Å². The highest BCUT2D eigenvalue weighted by Crippen LogP contribution is 2.55. The van der Waals surface area contributed by atoms with Crippen LogP contribution in [0.1, 0.15) is 33.6 Å². The first kappa shape index (κ1) is 9.44. The third-order valence-electron chi connectivity index (χ3n) is 3.31. The predicted octanol–water partition coefficient (Wildman–Crippen LogP) is 1.30. The van der Waals surface area contributed by atoms with E-state index in [2.05, 4.69) is 0 Å². The van der Waals surface area contributed by atoms with Crippen molar-refractivity contribution < 1.29 is 14.6 Å². The Labute approximate surface area is 79.0 Å². The zero-order valence-corrected chi connectivity index (χ0v) is 8.54. The lowest BCUT2D eigenvalue weighted by atomic mass is 9.94. The molecule has 0 radical (unpaired) electrons. The number of hydrogen-bond donors (Lipinski definition) is 1. The number of ether oxygens (including phenoxy) is 2. The van der Waals surface area contributed by atoms with Crippen LogP contribution in [-0.4, -0.2) is 29.7 Å². The van der Waals surface area contributed by atoms with Crippen molar-refractivity contribution in [2.24, 2.45) is 5.41 Å². The largest absolute Gasteiger partial charge is 0.393 e. The molecule has 0 spiro atoms. The highest BCUT2D eigenvalue weighted by Gasteiger charge is 2.57. The third-order valence-corrected chi connectivity index (χ3v) is 3.31. The molecule has 76 valence electrons. The van der Waals surface area contributed by atoms with Gasteiger partial charge in [0.1, 0.15) is 0 Å². The lowest BCUT2D eigenvalue weighted by molar-refractivity contribution is -0.152. The van der Waals surface area contributed by atoms with Gasteiger partial charge in [0, 0.05) is 5.41 Å². The van der Waals surface area contributed by atoms with E-state index in [4.69, 9.17) is 9.47 Å². The predicted molar refractivity (Wildman–Crippen MR) is 48.3 cm³/mol. The van der Waals surface area contributed by atoms with Gasteiger partial charge in [-0.3, -0.25) is 0 Å². The van der Waals surface area contributed by atoms with E-state index >= 15 is 0 Å². The minimum absolute atomic E-state index is 0.00618. The van der Waals surface area contributed by atoms with Gasteiger partial charge in [0.25, 0.3) is 0 Å². The van der Waals surface area contributed by atoms with Crippen LogP contribution in [0.5, 0.6) is 0 Å². The highest BCUT2D eigenvalue weighted by molar-refractivity contribution is 5.04. The number of rotatable bonds is 2. The summed E-state index contributed by atoms with van der Waals surface area (Å²) >= 11 is 0. The first-order valence-corrected chi connectivity index (χ1v) is 4.96. The van der Waals surface area contributed by atoms with Crippen LogP contribution < -0.4 is 0 Å². The molecule has 3 heteroatoms. The van der Waals surface area contributed by atoms with E-state index in [0.29, 0.717) is 6.61 Å². The van der Waals surface area contributed by atoms with Gasteiger partial charge in [0.15, 0.2) is 5.79 Å². The van der Waals surface area contributed by atoms with Gasteiger partial charge in [-0.15, -0.1) is 0 Å². The van der Waals surface area contributed by atoms with Gasteiger partial charge in [-0.25, -0.2) is 0 Å². The van der Waals surface area contributed by atoms with E-state index < -0.39 is 5.79 Å². The summed E-state index contributed by atoms with van der Waals surface area (Å²) in [6.45, 7) is 6.32. The maximum atomic E-state index is 9.64. The van der Waals surface area contributed by atoms with Crippen molar-refractivity contribution in [1.29, 1.82) is 0 Å². The molecule has 3 nitrogen and oxygen atoms in total. The fourth-order valence-electron chi connectivity index (χ4n) is 2.12. The maximum absolute atomic E-state index is 9.64. The summed E-state index contributed by atoms with van der Waals surface area (Å²) in [5.74, 6) is -0.463. The van der Waals surface area contributed by atoms with E-state index in [1.807, 2.05) is 20.8 Å². The van der Waals surface area contributed by atoms with Crippen molar-refractivity contribution >= 4 is 0 Å². The fraction of sp³-hybridized carbons (Fsp3) is 1.00. The lowest BCUT2D eigenvalue weighted by Crippen LogP contribution is -2.35. The van der Waals surface area contributed by atoms with E-state index in [1.165, 1.54) is 0 Å². The quantitative estimate of drug-likeness (QED) is 0.706. The van der Waals surface area contributed by atoms with Crippen molar-refractivity contribution in [3.8, 4) is 0 Å². The van der Waals surface area contributed by atoms with Crippen molar-refractivity contribution in [3.05, 3.63) is 0 Å². The van der Waals surface area contributed by atoms with Crippen molar-refractivity contribution in [2.45, 2.75) is 51.6 Å². The summed E-state index contributed by atoms with van der Waals surface area (Å²) in [6.07, 6.45) is 1.93. The van der Waals surface area contributed by atoms with Crippen LogP contribution in [0.25, 0.3) is 0 Å². The van der Waals surface area contributed by atoms with Gasteiger partial charge < -0.3 is 14.6 Å². The van der Waals surface area contributed by atoms with E-state index in [-0.39, 0.29) is 17.6 Å². The summed E-state index contributed by atoms with van der Waals surface area (Å²) in [4.78, 5) is 0. The fourth-order valence-corrected chi connectivity index (χ4v) is 2.12. The molecule has 0 aromatic heterocycles. The van der Waals surface area contributed by atoms with Gasteiger partial charge >= 0.3 is 0 Å². The average Bonchev–Trinajstić information content (AvgIpc) is 2.73. The second-order valence-electron chi connectivity index (χ2n) is 4.73. The smallest absolute Gasteiger partial charge is 0.163 e. The minimum atomic E-state index is -0.463. The molecule has 1 N–H and O–H groups in total. The first-order valence-electron chi connectivity index (χ1n) is 4.96. The maximum Gasteiger partial charge on any atom is 0.163 e. The molecule has 1 aliphatic carbocycles. The topological polar surface area (TPSA) is 38.7 Å². The molecule has 0 aromatic rings. The second kappa shape index (κ2) is 2.69. The zero-order chi connectivity index (χ0) is 9.69. The molecular formula is C10H18O3. The molecular weight excluding hydrogens is 168 g/mol. The van der Waals surface area contributed by atoms with Crippen LogP contribution in [-0.2, 0) is 9.47 Å². The monoisotopic (exact) mass is 186 g/mol. The Kier molecular flexibility index (Phi) is 1.95. The van der Waals surface area contributed by atoms with Crippen LogP contribution in [0, 0.1) is 5.41 Å². The van der Waals surface area contributed by atoms with E-state index in [9.17, 15) is 5.11 Å². The Balaban J connectivity index is 2.04. The van der Waals surface area contributed by atoms with Gasteiger partial charge in [0.05, 0.1) is 18.8 Å². The van der Waals surface area contributed by atoms with Crippen LogP contribution >= 0.6 is 0 Å². The molecule has 2 fully saturated rings. The molecule has 1 aliphatic heterocycles. The standard InChI is InChI=1S/C10H18O3/c1-7(11)10(4-5-10)8-6-12-9(2,3)13-8/h7-8,11H,4-6H2,1-3H3. The van der Waals surface area contributed by atoms with Crippen molar-refractivity contribution in [3.63, 3.8) is 0 Å². The number of hydrogen-bond acceptors (Lipinski definition) is 3. The Bertz CT molecular complexity index is 206. The molecule has 2 unspecified atom stereocenters. The molecule has 1 heterocycles. The molecule has 1 saturated carbocycles. The molecule has 2 aliphatic rings. The van der Waals surface area contributed by atoms with Gasteiger partial charge in [0.2, 0.25) is 0 Å². The Morgan fingerprint density at radius 1 is 1.38 bits per heavy atom. The second-order valence-corrected chi connectivity index (χ2v) is 4.73. The van der Waals surface area contributed by atoms with Crippen LogP contribution in [0.15, 0.2) is 0 Å². The highest BCUT2D eigenvalue weighted by atomic mass is 16.7. The molecule has 2 atom stereocenters.